The van der Waals surface area contributed by atoms with Gasteiger partial charge in [-0.15, -0.1) is 0 Å². The Morgan fingerprint density at radius 1 is 1.25 bits per heavy atom. The highest BCUT2D eigenvalue weighted by Gasteiger charge is 2.19. The molecule has 0 aliphatic heterocycles. The summed E-state index contributed by atoms with van der Waals surface area (Å²) < 4.78 is 7.73. The van der Waals surface area contributed by atoms with Crippen LogP contribution in [0.25, 0.3) is 0 Å². The molecule has 1 aromatic carbocycles. The number of rotatable bonds is 13. The van der Waals surface area contributed by atoms with Gasteiger partial charge in [-0.1, -0.05) is 31.0 Å². The number of imidazole rings is 1. The fraction of sp³-hybridized carbons (Fsp3) is 0.524. The average Bonchev–Trinajstić information content (AvgIpc) is 3.15. The van der Waals surface area contributed by atoms with Crippen molar-refractivity contribution < 1.29 is 14.6 Å². The van der Waals surface area contributed by atoms with E-state index in [0.29, 0.717) is 13.0 Å². The van der Waals surface area contributed by atoms with Crippen molar-refractivity contribution in [3.63, 3.8) is 0 Å². The number of unbranched alkanes of at least 4 members (excludes halogenated alkanes) is 3. The van der Waals surface area contributed by atoms with E-state index in [2.05, 4.69) is 4.98 Å². The van der Waals surface area contributed by atoms with E-state index >= 15 is 0 Å². The molecule has 2 unspecified atom stereocenters. The summed E-state index contributed by atoms with van der Waals surface area (Å²) in [7, 11) is 0. The number of benzene rings is 1. The minimum Gasteiger partial charge on any atom is -0.493 e. The van der Waals surface area contributed by atoms with Gasteiger partial charge in [-0.2, -0.15) is 0 Å². The summed E-state index contributed by atoms with van der Waals surface area (Å²) in [4.78, 5) is 15.3. The molecular formula is C21H32N4O3. The number of nitrogens with zero attached hydrogens (tertiary/aromatic N) is 2. The highest BCUT2D eigenvalue weighted by Crippen LogP contribution is 2.25. The minimum absolute atomic E-state index is 0.198. The van der Waals surface area contributed by atoms with Crippen molar-refractivity contribution in [3.8, 4) is 5.75 Å². The summed E-state index contributed by atoms with van der Waals surface area (Å²) in [6.07, 6.45) is 8.28. The first-order valence-corrected chi connectivity index (χ1v) is 9.95. The lowest BCUT2D eigenvalue weighted by molar-refractivity contribution is 0.0994. The van der Waals surface area contributed by atoms with E-state index in [-0.39, 0.29) is 11.7 Å². The maximum absolute atomic E-state index is 11.3. The average molecular weight is 389 g/mol. The molecule has 2 aromatic rings. The first kappa shape index (κ1) is 21.9. The van der Waals surface area contributed by atoms with Crippen LogP contribution in [0.2, 0.25) is 0 Å². The Hall–Kier alpha value is -2.38. The van der Waals surface area contributed by atoms with Crippen molar-refractivity contribution in [2.24, 2.45) is 11.5 Å². The molecule has 2 atom stereocenters. The highest BCUT2D eigenvalue weighted by molar-refractivity contribution is 5.90. The van der Waals surface area contributed by atoms with E-state index in [9.17, 15) is 9.90 Å². The molecule has 0 saturated heterocycles. The number of aliphatic hydroxyl groups excluding tert-OH is 1. The second kappa shape index (κ2) is 11.5. The van der Waals surface area contributed by atoms with Gasteiger partial charge in [0, 0.05) is 6.20 Å². The molecule has 5 N–H and O–H groups in total. The van der Waals surface area contributed by atoms with Gasteiger partial charge in [0.1, 0.15) is 11.4 Å². The molecule has 1 aromatic heterocycles. The molecule has 7 nitrogen and oxygen atoms in total. The largest absolute Gasteiger partial charge is 0.493 e. The van der Waals surface area contributed by atoms with Crippen LogP contribution in [-0.2, 0) is 6.42 Å². The topological polar surface area (TPSA) is 116 Å². The number of aryl methyl sites for hydroxylation is 1. The van der Waals surface area contributed by atoms with Gasteiger partial charge >= 0.3 is 0 Å². The van der Waals surface area contributed by atoms with E-state index in [0.717, 1.165) is 50.0 Å². The second-order valence-corrected chi connectivity index (χ2v) is 7.08. The molecule has 0 aliphatic carbocycles. The molecule has 1 heterocycles. The molecule has 2 rings (SSSR count). The predicted octanol–water partition coefficient (Wildman–Crippen LogP) is 2.43. The Balaban J connectivity index is 1.94. The van der Waals surface area contributed by atoms with E-state index in [1.54, 1.807) is 24.0 Å². The van der Waals surface area contributed by atoms with Crippen LogP contribution in [0.4, 0.5) is 0 Å². The Morgan fingerprint density at radius 3 is 2.68 bits per heavy atom. The predicted molar refractivity (Wildman–Crippen MR) is 109 cm³/mol. The number of primary amides is 1. The van der Waals surface area contributed by atoms with Crippen molar-refractivity contribution in [3.05, 3.63) is 48.0 Å². The fourth-order valence-electron chi connectivity index (χ4n) is 3.22. The number of carbonyl (C=O) groups is 1. The SMILES string of the molecule is CC(O)C(CCc1ccccc1OCCCCCCN)n1cnc(C(N)=O)c1. The zero-order valence-corrected chi connectivity index (χ0v) is 16.6. The lowest BCUT2D eigenvalue weighted by Gasteiger charge is -2.22. The van der Waals surface area contributed by atoms with Crippen molar-refractivity contribution >= 4 is 5.91 Å². The normalized spacial score (nSPS) is 13.2. The van der Waals surface area contributed by atoms with Crippen LogP contribution in [0.3, 0.4) is 0 Å². The third-order valence-electron chi connectivity index (χ3n) is 4.83. The molecule has 0 aliphatic rings. The van der Waals surface area contributed by atoms with Gasteiger partial charge in [0.2, 0.25) is 0 Å². The first-order valence-electron chi connectivity index (χ1n) is 9.95. The van der Waals surface area contributed by atoms with Gasteiger partial charge in [0.05, 0.1) is 25.1 Å². The number of hydrogen-bond donors (Lipinski definition) is 3. The number of aromatic nitrogens is 2. The van der Waals surface area contributed by atoms with Gasteiger partial charge in [-0.05, 0) is 50.8 Å². The standard InChI is InChI=1S/C21H32N4O3/c1-16(26)19(25-14-18(21(23)27)24-15-25)11-10-17-8-4-5-9-20(17)28-13-7-3-2-6-12-22/h4-5,8-9,14-16,19,26H,2-3,6-7,10-13,22H2,1H3,(H2,23,27). The number of ether oxygens (including phenoxy) is 1. The molecule has 0 radical (unpaired) electrons. The Labute approximate surface area is 166 Å². The Bertz CT molecular complexity index is 730. The summed E-state index contributed by atoms with van der Waals surface area (Å²) in [6, 6.07) is 7.78. The number of hydrogen-bond acceptors (Lipinski definition) is 5. The summed E-state index contributed by atoms with van der Waals surface area (Å²) in [6.45, 7) is 3.16. The van der Waals surface area contributed by atoms with Crippen molar-refractivity contribution in [1.82, 2.24) is 9.55 Å². The molecular weight excluding hydrogens is 356 g/mol. The third kappa shape index (κ3) is 6.65. The monoisotopic (exact) mass is 388 g/mol. The van der Waals surface area contributed by atoms with Crippen molar-refractivity contribution in [2.75, 3.05) is 13.2 Å². The molecule has 0 spiro atoms. The van der Waals surface area contributed by atoms with Gasteiger partial charge < -0.3 is 25.9 Å². The molecule has 154 valence electrons. The number of aliphatic hydroxyl groups is 1. The molecule has 0 bridgehead atoms. The lowest BCUT2D eigenvalue weighted by atomic mass is 10.0. The van der Waals surface area contributed by atoms with Crippen LogP contribution in [0.1, 0.15) is 61.1 Å². The Morgan fingerprint density at radius 2 is 2.00 bits per heavy atom. The number of carbonyl (C=O) groups excluding carboxylic acids is 1. The van der Waals surface area contributed by atoms with Gasteiger partial charge in [-0.3, -0.25) is 4.79 Å². The van der Waals surface area contributed by atoms with Crippen LogP contribution in [0.15, 0.2) is 36.8 Å². The van der Waals surface area contributed by atoms with Crippen LogP contribution in [0, 0.1) is 0 Å². The van der Waals surface area contributed by atoms with E-state index in [1.807, 2.05) is 24.3 Å². The first-order chi connectivity index (χ1) is 13.5. The number of para-hydroxylation sites is 1. The van der Waals surface area contributed by atoms with E-state index in [1.165, 1.54) is 0 Å². The summed E-state index contributed by atoms with van der Waals surface area (Å²) >= 11 is 0. The maximum atomic E-state index is 11.3. The number of amides is 1. The number of nitrogens with two attached hydrogens (primary N) is 2. The van der Waals surface area contributed by atoms with E-state index in [4.69, 9.17) is 16.2 Å². The molecule has 7 heteroatoms. The van der Waals surface area contributed by atoms with Crippen LogP contribution in [-0.4, -0.2) is 39.8 Å². The van der Waals surface area contributed by atoms with Crippen LogP contribution >= 0.6 is 0 Å². The summed E-state index contributed by atoms with van der Waals surface area (Å²) in [5.41, 5.74) is 12.1. The molecule has 1 amide bonds. The van der Waals surface area contributed by atoms with Crippen LogP contribution in [0.5, 0.6) is 5.75 Å². The van der Waals surface area contributed by atoms with Gasteiger partial charge in [0.25, 0.3) is 5.91 Å². The molecule has 28 heavy (non-hydrogen) atoms. The lowest BCUT2D eigenvalue weighted by Crippen LogP contribution is -2.21. The quantitative estimate of drug-likeness (QED) is 0.456. The van der Waals surface area contributed by atoms with Crippen molar-refractivity contribution in [2.45, 2.75) is 57.6 Å². The maximum Gasteiger partial charge on any atom is 0.268 e. The summed E-state index contributed by atoms with van der Waals surface area (Å²) in [5, 5.41) is 10.2. The Kier molecular flexibility index (Phi) is 8.97. The molecule has 0 saturated carbocycles. The highest BCUT2D eigenvalue weighted by atomic mass is 16.5. The molecule has 0 fully saturated rings. The zero-order chi connectivity index (χ0) is 20.4. The minimum atomic E-state index is -0.592. The van der Waals surface area contributed by atoms with Crippen molar-refractivity contribution in [1.29, 1.82) is 0 Å². The fourth-order valence-corrected chi connectivity index (χ4v) is 3.22. The van der Waals surface area contributed by atoms with Gasteiger partial charge in [0.15, 0.2) is 0 Å². The summed E-state index contributed by atoms with van der Waals surface area (Å²) in [5.74, 6) is 0.308. The third-order valence-corrected chi connectivity index (χ3v) is 4.83. The van der Waals surface area contributed by atoms with E-state index < -0.39 is 12.0 Å². The van der Waals surface area contributed by atoms with Gasteiger partial charge in [-0.25, -0.2) is 4.98 Å². The zero-order valence-electron chi connectivity index (χ0n) is 16.6. The van der Waals surface area contributed by atoms with Crippen LogP contribution < -0.4 is 16.2 Å². The second-order valence-electron chi connectivity index (χ2n) is 7.08. The smallest absolute Gasteiger partial charge is 0.268 e.